The summed E-state index contributed by atoms with van der Waals surface area (Å²) >= 11 is 0. The summed E-state index contributed by atoms with van der Waals surface area (Å²) < 4.78 is 11.2. The average molecular weight is 254 g/mol. The highest BCUT2D eigenvalue weighted by molar-refractivity contribution is 6.69. The molecule has 0 aromatic carbocycles. The fourth-order valence-corrected chi connectivity index (χ4v) is 2.84. The Morgan fingerprint density at radius 2 is 2.00 bits per heavy atom. The van der Waals surface area contributed by atoms with Gasteiger partial charge in [-0.25, -0.2) is 0 Å². The minimum Gasteiger partial charge on any atom is -0.458 e. The molecule has 0 fully saturated rings. The highest BCUT2D eigenvalue weighted by Gasteiger charge is 2.19. The van der Waals surface area contributed by atoms with Crippen LogP contribution in [0.5, 0.6) is 0 Å². The van der Waals surface area contributed by atoms with Gasteiger partial charge in [-0.3, -0.25) is 0 Å². The average Bonchev–Trinajstić information content (AvgIpc) is 3.02. The number of hydrogen-bond donors (Lipinski definition) is 0. The Morgan fingerprint density at radius 3 is 2.53 bits per heavy atom. The second-order valence-corrected chi connectivity index (χ2v) is 10.1. The summed E-state index contributed by atoms with van der Waals surface area (Å²) in [5.74, 6) is 0.975. The molecule has 0 aromatic rings. The van der Waals surface area contributed by atoms with E-state index in [1.54, 1.807) is 6.26 Å². The van der Waals surface area contributed by atoms with E-state index in [9.17, 15) is 0 Å². The molecule has 0 saturated heterocycles. The van der Waals surface area contributed by atoms with Gasteiger partial charge in [-0.2, -0.15) is 0 Å². The minimum absolute atomic E-state index is 0.267. The summed E-state index contributed by atoms with van der Waals surface area (Å²) in [6.07, 6.45) is 12.5. The van der Waals surface area contributed by atoms with Crippen molar-refractivity contribution in [3.8, 4) is 0 Å². The van der Waals surface area contributed by atoms with Gasteiger partial charge in [-0.1, -0.05) is 38.7 Å². The molecule has 0 N–H and O–H groups in total. The van der Waals surface area contributed by atoms with E-state index in [4.69, 9.17) is 9.16 Å². The van der Waals surface area contributed by atoms with E-state index >= 15 is 0 Å². The smallest absolute Gasteiger partial charge is 0.184 e. The maximum absolute atomic E-state index is 6.17. The van der Waals surface area contributed by atoms with E-state index in [0.29, 0.717) is 0 Å². The molecule has 0 aliphatic carbocycles. The number of ether oxygens (including phenoxy) is 1. The lowest BCUT2D eigenvalue weighted by molar-refractivity contribution is 0.226. The lowest BCUT2D eigenvalue weighted by atomic mass is 10.1. The normalized spacial score (nSPS) is 16.8. The zero-order chi connectivity index (χ0) is 12.7. The highest BCUT2D eigenvalue weighted by atomic mass is 28.4. The van der Waals surface area contributed by atoms with Gasteiger partial charge in [0.1, 0.15) is 6.26 Å². The van der Waals surface area contributed by atoms with E-state index < -0.39 is 8.32 Å². The van der Waals surface area contributed by atoms with Crippen LogP contribution in [0.25, 0.3) is 0 Å². The molecule has 1 rings (SSSR count). The fraction of sp³-hybridized carbons (Fsp3) is 0.714. The SMILES string of the molecule is CCCCCCC(C=CC1=CO1)O[Si](C)(C)C. The van der Waals surface area contributed by atoms with Crippen molar-refractivity contribution in [2.45, 2.75) is 64.8 Å². The van der Waals surface area contributed by atoms with Crippen molar-refractivity contribution in [2.24, 2.45) is 0 Å². The molecule has 1 heterocycles. The Bertz CT molecular complexity index is 276. The monoisotopic (exact) mass is 254 g/mol. The highest BCUT2D eigenvalue weighted by Crippen LogP contribution is 2.19. The third-order valence-corrected chi connectivity index (χ3v) is 3.59. The number of unbranched alkanes of at least 4 members (excludes halogenated alkanes) is 3. The Labute approximate surface area is 107 Å². The summed E-state index contributed by atoms with van der Waals surface area (Å²) in [5.41, 5.74) is 0. The number of allylic oxidation sites excluding steroid dienone is 1. The maximum atomic E-state index is 6.17. The van der Waals surface area contributed by atoms with E-state index in [0.717, 1.165) is 12.2 Å². The number of rotatable bonds is 9. The molecule has 1 aliphatic heterocycles. The van der Waals surface area contributed by atoms with Crippen molar-refractivity contribution >= 4 is 8.32 Å². The van der Waals surface area contributed by atoms with Crippen LogP contribution in [0.1, 0.15) is 39.0 Å². The van der Waals surface area contributed by atoms with Gasteiger partial charge in [0.15, 0.2) is 14.1 Å². The minimum atomic E-state index is -1.45. The largest absolute Gasteiger partial charge is 0.458 e. The van der Waals surface area contributed by atoms with Crippen LogP contribution in [0.3, 0.4) is 0 Å². The lowest BCUT2D eigenvalue weighted by Gasteiger charge is -2.24. The molecule has 1 aliphatic rings. The molecule has 0 aromatic heterocycles. The molecule has 1 atom stereocenters. The molecular weight excluding hydrogens is 228 g/mol. The molecule has 0 radical (unpaired) electrons. The summed E-state index contributed by atoms with van der Waals surface area (Å²) in [5, 5.41) is 0. The Balaban J connectivity index is 2.32. The second kappa shape index (κ2) is 7.02. The predicted molar refractivity (Wildman–Crippen MR) is 75.3 cm³/mol. The third kappa shape index (κ3) is 8.22. The molecule has 98 valence electrons. The molecule has 3 heteroatoms. The molecule has 2 nitrogen and oxygen atoms in total. The first-order valence-electron chi connectivity index (χ1n) is 6.74. The van der Waals surface area contributed by atoms with Gasteiger partial charge in [-0.05, 0) is 32.1 Å². The van der Waals surface area contributed by atoms with Crippen LogP contribution >= 0.6 is 0 Å². The zero-order valence-electron chi connectivity index (χ0n) is 11.7. The summed E-state index contributed by atoms with van der Waals surface area (Å²) in [4.78, 5) is 0. The zero-order valence-corrected chi connectivity index (χ0v) is 12.7. The summed E-state index contributed by atoms with van der Waals surface area (Å²) in [7, 11) is -1.45. The second-order valence-electron chi connectivity index (χ2n) is 5.62. The molecule has 0 saturated carbocycles. The van der Waals surface area contributed by atoms with Crippen LogP contribution in [0, 0.1) is 0 Å². The van der Waals surface area contributed by atoms with Crippen LogP contribution in [-0.2, 0) is 9.16 Å². The fourth-order valence-electron chi connectivity index (χ4n) is 1.74. The van der Waals surface area contributed by atoms with Gasteiger partial charge >= 0.3 is 0 Å². The third-order valence-electron chi connectivity index (χ3n) is 2.58. The molecule has 0 bridgehead atoms. The van der Waals surface area contributed by atoms with Crippen molar-refractivity contribution < 1.29 is 9.16 Å². The quantitative estimate of drug-likeness (QED) is 0.443. The topological polar surface area (TPSA) is 21.8 Å². The van der Waals surface area contributed by atoms with Crippen LogP contribution in [-0.4, -0.2) is 14.4 Å². The van der Waals surface area contributed by atoms with Gasteiger partial charge < -0.3 is 9.16 Å². The first-order chi connectivity index (χ1) is 8.01. The predicted octanol–water partition coefficient (Wildman–Crippen LogP) is 4.60. The Hall–Kier alpha value is -0.543. The van der Waals surface area contributed by atoms with Crippen LogP contribution in [0.2, 0.25) is 19.6 Å². The van der Waals surface area contributed by atoms with Crippen molar-refractivity contribution in [2.75, 3.05) is 0 Å². The first-order valence-corrected chi connectivity index (χ1v) is 10.1. The first kappa shape index (κ1) is 14.5. The van der Waals surface area contributed by atoms with Gasteiger partial charge in [-0.15, -0.1) is 0 Å². The van der Waals surface area contributed by atoms with Crippen molar-refractivity contribution in [1.29, 1.82) is 0 Å². The van der Waals surface area contributed by atoms with Crippen LogP contribution < -0.4 is 0 Å². The van der Waals surface area contributed by atoms with Gasteiger partial charge in [0.05, 0.1) is 6.10 Å². The van der Waals surface area contributed by atoms with E-state index in [-0.39, 0.29) is 6.10 Å². The molecule has 1 unspecified atom stereocenters. The summed E-state index contributed by atoms with van der Waals surface area (Å²) in [6, 6.07) is 0. The Morgan fingerprint density at radius 1 is 1.29 bits per heavy atom. The van der Waals surface area contributed by atoms with Crippen molar-refractivity contribution in [3.63, 3.8) is 0 Å². The van der Waals surface area contributed by atoms with E-state index in [1.807, 2.05) is 6.08 Å². The van der Waals surface area contributed by atoms with E-state index in [1.165, 1.54) is 25.7 Å². The summed E-state index contributed by atoms with van der Waals surface area (Å²) in [6.45, 7) is 8.97. The van der Waals surface area contributed by atoms with Gasteiger partial charge in [0.25, 0.3) is 0 Å². The Kier molecular flexibility index (Phi) is 5.99. The van der Waals surface area contributed by atoms with E-state index in [2.05, 4.69) is 32.6 Å². The van der Waals surface area contributed by atoms with Crippen LogP contribution in [0.4, 0.5) is 0 Å². The molecule has 0 amide bonds. The lowest BCUT2D eigenvalue weighted by Crippen LogP contribution is -2.31. The molecular formula is C14H26O2Si. The van der Waals surface area contributed by atoms with Crippen molar-refractivity contribution in [3.05, 3.63) is 24.2 Å². The van der Waals surface area contributed by atoms with Gasteiger partial charge in [0.2, 0.25) is 0 Å². The maximum Gasteiger partial charge on any atom is 0.184 e. The number of hydrogen-bond acceptors (Lipinski definition) is 2. The standard InChI is InChI=1S/C14H26O2Si/c1-5-6-7-8-9-13(16-17(2,3)4)10-11-14-12-15-14/h10-13H,5-9H2,1-4H3. The van der Waals surface area contributed by atoms with Gasteiger partial charge in [0, 0.05) is 0 Å². The molecule has 17 heavy (non-hydrogen) atoms. The van der Waals surface area contributed by atoms with Crippen molar-refractivity contribution in [1.82, 2.24) is 0 Å². The molecule has 0 spiro atoms. The van der Waals surface area contributed by atoms with Crippen LogP contribution in [0.15, 0.2) is 24.2 Å².